The second-order valence-electron chi connectivity index (χ2n) is 9.49. The quantitative estimate of drug-likeness (QED) is 0.665. The molecule has 3 aromatic rings. The van der Waals surface area contributed by atoms with Gasteiger partial charge in [0.1, 0.15) is 11.4 Å². The number of hydrogen-bond donors (Lipinski definition) is 1. The maximum Gasteiger partial charge on any atom is 0.250 e. The fourth-order valence-corrected chi connectivity index (χ4v) is 6.25. The summed E-state index contributed by atoms with van der Waals surface area (Å²) in [6, 6.07) is 19.9. The average molecular weight is 446 g/mol. The summed E-state index contributed by atoms with van der Waals surface area (Å²) in [6.07, 6.45) is 2.44. The number of nitrogens with zero attached hydrogens (tertiary/aromatic N) is 3. The topological polar surface area (TPSA) is 47.0 Å². The van der Waals surface area contributed by atoms with Crippen molar-refractivity contribution in [2.75, 3.05) is 37.8 Å². The minimum Gasteiger partial charge on any atom is -0.395 e. The summed E-state index contributed by atoms with van der Waals surface area (Å²) in [5.74, 6) is -0.201. The summed E-state index contributed by atoms with van der Waals surface area (Å²) in [5, 5.41) is 12.2. The van der Waals surface area contributed by atoms with Gasteiger partial charge < -0.3 is 14.9 Å². The van der Waals surface area contributed by atoms with E-state index in [1.807, 2.05) is 0 Å². The SMILES string of the molecule is O=C1N(CCO)CN(c2ccc(F)cc2)C12CCN([C@@H]1Cc3cccc4cccc1c34)CC2. The molecule has 33 heavy (non-hydrogen) atoms. The Bertz CT molecular complexity index is 1200. The van der Waals surface area contributed by atoms with Crippen LogP contribution in [0, 0.1) is 5.82 Å². The Hall–Kier alpha value is -2.96. The molecule has 1 spiro atoms. The molecule has 0 radical (unpaired) electrons. The number of carbonyl (C=O) groups excluding carboxylic acids is 1. The smallest absolute Gasteiger partial charge is 0.250 e. The molecule has 3 aliphatic rings. The lowest BCUT2D eigenvalue weighted by molar-refractivity contribution is -0.134. The van der Waals surface area contributed by atoms with E-state index in [0.29, 0.717) is 32.1 Å². The Morgan fingerprint density at radius 3 is 2.45 bits per heavy atom. The van der Waals surface area contributed by atoms with Crippen molar-refractivity contribution in [1.29, 1.82) is 0 Å². The third-order valence-electron chi connectivity index (χ3n) is 7.88. The van der Waals surface area contributed by atoms with E-state index in [2.05, 4.69) is 46.2 Å². The average Bonchev–Trinajstić information content (AvgIpc) is 3.34. The highest BCUT2D eigenvalue weighted by Crippen LogP contribution is 2.45. The van der Waals surface area contributed by atoms with E-state index in [9.17, 15) is 14.3 Å². The van der Waals surface area contributed by atoms with Crippen LogP contribution >= 0.6 is 0 Å². The van der Waals surface area contributed by atoms with Gasteiger partial charge in [-0.25, -0.2) is 4.39 Å². The molecule has 1 aliphatic carbocycles. The Morgan fingerprint density at radius 1 is 1.00 bits per heavy atom. The molecule has 170 valence electrons. The van der Waals surface area contributed by atoms with E-state index in [-0.39, 0.29) is 18.3 Å². The number of aliphatic hydroxyl groups is 1. The zero-order chi connectivity index (χ0) is 22.6. The number of hydrogen-bond acceptors (Lipinski definition) is 4. The van der Waals surface area contributed by atoms with Gasteiger partial charge in [0, 0.05) is 31.4 Å². The molecule has 2 saturated heterocycles. The van der Waals surface area contributed by atoms with Crippen LogP contribution < -0.4 is 4.90 Å². The lowest BCUT2D eigenvalue weighted by atomic mass is 9.84. The first-order valence-electron chi connectivity index (χ1n) is 11.8. The molecular weight excluding hydrogens is 417 g/mol. The van der Waals surface area contributed by atoms with Crippen LogP contribution in [-0.4, -0.2) is 59.3 Å². The summed E-state index contributed by atoms with van der Waals surface area (Å²) in [6.45, 7) is 2.34. The van der Waals surface area contributed by atoms with Crippen molar-refractivity contribution in [2.24, 2.45) is 0 Å². The molecule has 0 bridgehead atoms. The highest BCUT2D eigenvalue weighted by molar-refractivity contribution is 5.94. The van der Waals surface area contributed by atoms with Gasteiger partial charge in [0.25, 0.3) is 0 Å². The van der Waals surface area contributed by atoms with E-state index in [0.717, 1.165) is 25.2 Å². The van der Waals surface area contributed by atoms with Gasteiger partial charge in [0.15, 0.2) is 0 Å². The van der Waals surface area contributed by atoms with E-state index in [1.54, 1.807) is 17.0 Å². The molecule has 1 amide bonds. The molecule has 2 aliphatic heterocycles. The molecule has 2 fully saturated rings. The van der Waals surface area contributed by atoms with Gasteiger partial charge in [0.05, 0.1) is 13.3 Å². The van der Waals surface area contributed by atoms with Crippen LogP contribution in [-0.2, 0) is 11.2 Å². The normalized spacial score (nSPS) is 22.1. The van der Waals surface area contributed by atoms with Crippen molar-refractivity contribution >= 4 is 22.4 Å². The van der Waals surface area contributed by atoms with Crippen LogP contribution in [0.1, 0.15) is 30.0 Å². The fourth-order valence-electron chi connectivity index (χ4n) is 6.25. The molecule has 0 unspecified atom stereocenters. The number of rotatable bonds is 4. The van der Waals surface area contributed by atoms with E-state index in [1.165, 1.54) is 34.0 Å². The van der Waals surface area contributed by atoms with Gasteiger partial charge in [-0.1, -0.05) is 36.4 Å². The van der Waals surface area contributed by atoms with Crippen molar-refractivity contribution in [3.8, 4) is 0 Å². The van der Waals surface area contributed by atoms with Gasteiger partial charge in [-0.3, -0.25) is 9.69 Å². The van der Waals surface area contributed by atoms with Crippen molar-refractivity contribution < 1.29 is 14.3 Å². The van der Waals surface area contributed by atoms with E-state index in [4.69, 9.17) is 0 Å². The largest absolute Gasteiger partial charge is 0.395 e. The first kappa shape index (κ1) is 20.6. The molecular formula is C27H28FN3O2. The maximum absolute atomic E-state index is 13.6. The number of halogens is 1. The molecule has 6 rings (SSSR count). The number of aliphatic hydroxyl groups excluding tert-OH is 1. The standard InChI is InChI=1S/C27H28FN3O2/c28-21-7-9-22(10-8-21)31-18-30(15-16-32)26(33)27(31)11-13-29(14-12-27)24-17-20-5-1-3-19-4-2-6-23(24)25(19)20/h1-10,24,32H,11-18H2/t24-/m1/s1. The zero-order valence-electron chi connectivity index (χ0n) is 18.6. The number of carbonyl (C=O) groups is 1. The van der Waals surface area contributed by atoms with E-state index >= 15 is 0 Å². The zero-order valence-corrected chi connectivity index (χ0v) is 18.6. The number of β-amino-alcohol motifs (C(OH)–C–C–N with tert-alkyl or cyclic N) is 1. The van der Waals surface area contributed by atoms with Crippen LogP contribution in [0.4, 0.5) is 10.1 Å². The van der Waals surface area contributed by atoms with Gasteiger partial charge in [-0.15, -0.1) is 0 Å². The number of anilines is 1. The lowest BCUT2D eigenvalue weighted by Gasteiger charge is -2.45. The Labute approximate surface area is 193 Å². The predicted molar refractivity (Wildman–Crippen MR) is 126 cm³/mol. The summed E-state index contributed by atoms with van der Waals surface area (Å²) < 4.78 is 13.6. The maximum atomic E-state index is 13.6. The summed E-state index contributed by atoms with van der Waals surface area (Å²) >= 11 is 0. The number of likely N-dealkylation sites (tertiary alicyclic amines) is 1. The number of piperidine rings is 1. The van der Waals surface area contributed by atoms with Gasteiger partial charge in [-0.05, 0) is 65.4 Å². The van der Waals surface area contributed by atoms with Crippen LogP contribution in [0.3, 0.4) is 0 Å². The lowest BCUT2D eigenvalue weighted by Crippen LogP contribution is -2.57. The monoisotopic (exact) mass is 445 g/mol. The minimum atomic E-state index is -0.638. The first-order chi connectivity index (χ1) is 16.1. The molecule has 1 atom stereocenters. The Morgan fingerprint density at radius 2 is 1.73 bits per heavy atom. The number of amides is 1. The second kappa shape index (κ2) is 7.82. The number of benzene rings is 3. The first-order valence-corrected chi connectivity index (χ1v) is 11.8. The van der Waals surface area contributed by atoms with Gasteiger partial charge in [0.2, 0.25) is 5.91 Å². The third kappa shape index (κ3) is 3.15. The van der Waals surface area contributed by atoms with Crippen molar-refractivity contribution in [1.82, 2.24) is 9.80 Å². The molecule has 0 saturated carbocycles. The van der Waals surface area contributed by atoms with Gasteiger partial charge >= 0.3 is 0 Å². The highest BCUT2D eigenvalue weighted by atomic mass is 19.1. The highest BCUT2D eigenvalue weighted by Gasteiger charge is 2.54. The second-order valence-corrected chi connectivity index (χ2v) is 9.49. The molecule has 3 aromatic carbocycles. The van der Waals surface area contributed by atoms with Crippen molar-refractivity contribution in [3.05, 3.63) is 77.6 Å². The van der Waals surface area contributed by atoms with Crippen molar-refractivity contribution in [2.45, 2.75) is 30.8 Å². The Balaban J connectivity index is 1.28. The van der Waals surface area contributed by atoms with Crippen LogP contribution in [0.5, 0.6) is 0 Å². The van der Waals surface area contributed by atoms with Crippen LogP contribution in [0.25, 0.3) is 10.8 Å². The van der Waals surface area contributed by atoms with E-state index < -0.39 is 5.54 Å². The third-order valence-corrected chi connectivity index (χ3v) is 7.88. The molecule has 6 heteroatoms. The Kier molecular flexibility index (Phi) is 4.89. The van der Waals surface area contributed by atoms with Crippen LogP contribution in [0.2, 0.25) is 0 Å². The van der Waals surface area contributed by atoms with Crippen molar-refractivity contribution in [3.63, 3.8) is 0 Å². The fraction of sp³-hybridized carbons (Fsp3) is 0.370. The summed E-state index contributed by atoms with van der Waals surface area (Å²) in [5.41, 5.74) is 3.03. The molecule has 0 aromatic heterocycles. The summed E-state index contributed by atoms with van der Waals surface area (Å²) in [7, 11) is 0. The summed E-state index contributed by atoms with van der Waals surface area (Å²) in [4.78, 5) is 20.0. The van der Waals surface area contributed by atoms with Gasteiger partial charge in [-0.2, -0.15) is 0 Å². The predicted octanol–water partition coefficient (Wildman–Crippen LogP) is 3.71. The molecule has 2 heterocycles. The molecule has 5 nitrogen and oxygen atoms in total. The minimum absolute atomic E-state index is 0.0600. The molecule has 1 N–H and O–H groups in total. The van der Waals surface area contributed by atoms with Crippen LogP contribution in [0.15, 0.2) is 60.7 Å².